The molecule has 2 unspecified atom stereocenters. The van der Waals surface area contributed by atoms with E-state index in [1.807, 2.05) is 12.4 Å². The third-order valence-electron chi connectivity index (χ3n) is 12.8. The number of rotatable bonds is 12. The van der Waals surface area contributed by atoms with E-state index in [2.05, 4.69) is 96.1 Å². The molecule has 0 radical (unpaired) electrons. The fourth-order valence-corrected chi connectivity index (χ4v) is 8.22. The zero-order valence-corrected chi connectivity index (χ0v) is 34.3. The van der Waals surface area contributed by atoms with Crippen molar-refractivity contribution >= 4 is 18.3 Å². The van der Waals surface area contributed by atoms with Crippen LogP contribution in [0.25, 0.3) is 0 Å². The van der Waals surface area contributed by atoms with Crippen LogP contribution in [0.3, 0.4) is 0 Å². The van der Waals surface area contributed by atoms with Crippen molar-refractivity contribution < 1.29 is 14.8 Å². The maximum absolute atomic E-state index is 11.7. The molecule has 6 heteroatoms. The molecule has 2 aromatic rings. The Balaban J connectivity index is 1.38. The highest BCUT2D eigenvalue weighted by molar-refractivity contribution is 5.86. The van der Waals surface area contributed by atoms with Gasteiger partial charge in [-0.25, -0.2) is 0 Å². The standard InChI is InChI=1S/C46H70N4O2/c1-10-45(6,7)37-29-35(43(52)38(30-37)46(8,9)11-2)32-48-40-21-15-14-20-39(40)47-31-34-28-36(44(3,4)5)27-33(42(34)51)19-17-24-50-26-18-25-49-23-16-12-13-22-41(49)50/h27-32,39-40H,10-26H2,1-9H3,(H-,47,48,51,52)/p+1. The van der Waals surface area contributed by atoms with Gasteiger partial charge in [0.25, 0.3) is 0 Å². The maximum Gasteiger partial charge on any atom is 0.246 e. The summed E-state index contributed by atoms with van der Waals surface area (Å²) in [5, 5.41) is 23.2. The van der Waals surface area contributed by atoms with Crippen LogP contribution in [0.1, 0.15) is 173 Å². The minimum Gasteiger partial charge on any atom is -0.507 e. The fourth-order valence-electron chi connectivity index (χ4n) is 8.22. The summed E-state index contributed by atoms with van der Waals surface area (Å²) in [5.74, 6) is 2.29. The van der Waals surface area contributed by atoms with Gasteiger partial charge >= 0.3 is 0 Å². The Morgan fingerprint density at radius 2 is 1.35 bits per heavy atom. The molecule has 52 heavy (non-hydrogen) atoms. The number of aryl methyl sites for hydroxylation is 1. The fraction of sp³-hybridized carbons (Fsp3) is 0.674. The van der Waals surface area contributed by atoms with Gasteiger partial charge in [0.2, 0.25) is 5.84 Å². The SMILES string of the molecule is CCC(C)(C)c1cc(C=NC2CCCCC2N=Cc2cc(C(C)(C)C)cc(CCCN3CCC[N+]4=C3CCCCC4)c2O)c(O)c(C(C)(C)CC)c1. The van der Waals surface area contributed by atoms with Crippen LogP contribution in [0.15, 0.2) is 34.3 Å². The predicted octanol–water partition coefficient (Wildman–Crippen LogP) is 10.2. The zero-order valence-electron chi connectivity index (χ0n) is 34.3. The highest BCUT2D eigenvalue weighted by Crippen LogP contribution is 2.40. The van der Waals surface area contributed by atoms with Gasteiger partial charge in [0.1, 0.15) is 11.5 Å². The van der Waals surface area contributed by atoms with E-state index in [0.29, 0.717) is 11.5 Å². The molecule has 6 nitrogen and oxygen atoms in total. The number of benzene rings is 2. The normalized spacial score (nSPS) is 20.9. The monoisotopic (exact) mass is 712 g/mol. The summed E-state index contributed by atoms with van der Waals surface area (Å²) in [6.45, 7) is 24.8. The second kappa shape index (κ2) is 16.9. The topological polar surface area (TPSA) is 71.4 Å². The molecule has 2 aliphatic heterocycles. The molecule has 2 atom stereocenters. The van der Waals surface area contributed by atoms with Crippen molar-refractivity contribution in [3.8, 4) is 11.5 Å². The summed E-state index contributed by atoms with van der Waals surface area (Å²) in [4.78, 5) is 13.0. The minimum atomic E-state index is -0.144. The summed E-state index contributed by atoms with van der Waals surface area (Å²) in [6.07, 6.45) is 18.3. The first-order chi connectivity index (χ1) is 24.6. The average Bonchev–Trinajstić information content (AvgIpc) is 3.37. The van der Waals surface area contributed by atoms with Gasteiger partial charge in [0, 0.05) is 42.0 Å². The van der Waals surface area contributed by atoms with Gasteiger partial charge in [-0.2, -0.15) is 0 Å². The van der Waals surface area contributed by atoms with Crippen molar-refractivity contribution in [3.05, 3.63) is 57.6 Å². The first-order valence-corrected chi connectivity index (χ1v) is 20.8. The lowest BCUT2D eigenvalue weighted by Crippen LogP contribution is -2.44. The van der Waals surface area contributed by atoms with Crippen molar-refractivity contribution in [1.29, 1.82) is 0 Å². The Bertz CT molecular complexity index is 1630. The van der Waals surface area contributed by atoms with E-state index in [9.17, 15) is 10.2 Å². The van der Waals surface area contributed by atoms with Crippen molar-refractivity contribution in [2.24, 2.45) is 9.98 Å². The number of hydrogen-bond donors (Lipinski definition) is 2. The number of hydrogen-bond acceptors (Lipinski definition) is 5. The van der Waals surface area contributed by atoms with E-state index in [4.69, 9.17) is 9.98 Å². The molecule has 2 heterocycles. The molecule has 1 aliphatic carbocycles. The molecular weight excluding hydrogens is 641 g/mol. The van der Waals surface area contributed by atoms with Gasteiger partial charge in [0.05, 0.1) is 38.3 Å². The van der Waals surface area contributed by atoms with E-state index in [-0.39, 0.29) is 28.3 Å². The second-order valence-electron chi connectivity index (χ2n) is 18.4. The van der Waals surface area contributed by atoms with Crippen LogP contribution in [0.5, 0.6) is 11.5 Å². The molecule has 0 saturated heterocycles. The lowest BCUT2D eigenvalue weighted by Gasteiger charge is -2.30. The van der Waals surface area contributed by atoms with Gasteiger partial charge < -0.3 is 10.2 Å². The van der Waals surface area contributed by atoms with Gasteiger partial charge in [-0.05, 0) is 103 Å². The van der Waals surface area contributed by atoms with E-state index in [1.165, 1.54) is 56.3 Å². The van der Waals surface area contributed by atoms with Crippen molar-refractivity contribution in [2.75, 3.05) is 26.2 Å². The minimum absolute atomic E-state index is 0.00247. The molecule has 0 bridgehead atoms. The largest absolute Gasteiger partial charge is 0.507 e. The summed E-state index contributed by atoms with van der Waals surface area (Å²) >= 11 is 0. The van der Waals surface area contributed by atoms with E-state index < -0.39 is 0 Å². The molecular formula is C46H71N4O2+. The van der Waals surface area contributed by atoms with Crippen molar-refractivity contribution in [2.45, 2.75) is 174 Å². The Morgan fingerprint density at radius 3 is 1.98 bits per heavy atom. The Morgan fingerprint density at radius 1 is 0.731 bits per heavy atom. The zero-order chi connectivity index (χ0) is 37.7. The molecule has 2 aromatic carbocycles. The van der Waals surface area contributed by atoms with Crippen molar-refractivity contribution in [3.63, 3.8) is 0 Å². The first-order valence-electron chi connectivity index (χ1n) is 20.8. The van der Waals surface area contributed by atoms with Crippen LogP contribution < -0.4 is 0 Å². The van der Waals surface area contributed by atoms with E-state index in [0.717, 1.165) is 86.7 Å². The molecule has 0 amide bonds. The molecule has 3 aliphatic rings. The van der Waals surface area contributed by atoms with Crippen LogP contribution >= 0.6 is 0 Å². The quantitative estimate of drug-likeness (QED) is 0.170. The predicted molar refractivity (Wildman–Crippen MR) is 221 cm³/mol. The van der Waals surface area contributed by atoms with Gasteiger partial charge in [-0.3, -0.25) is 19.5 Å². The average molecular weight is 712 g/mol. The number of aromatic hydroxyl groups is 2. The van der Waals surface area contributed by atoms with Crippen molar-refractivity contribution in [1.82, 2.24) is 4.90 Å². The first kappa shape index (κ1) is 40.0. The number of phenolic OH excluding ortho intramolecular Hbond substituents is 2. The lowest BCUT2D eigenvalue weighted by atomic mass is 9.75. The molecule has 2 N–H and O–H groups in total. The Hall–Kier alpha value is -3.15. The second-order valence-corrected chi connectivity index (χ2v) is 18.4. The lowest BCUT2D eigenvalue weighted by molar-refractivity contribution is -0.539. The smallest absolute Gasteiger partial charge is 0.246 e. The molecule has 1 fully saturated rings. The van der Waals surface area contributed by atoms with Gasteiger partial charge in [-0.1, -0.05) is 87.3 Å². The highest BCUT2D eigenvalue weighted by Gasteiger charge is 2.30. The van der Waals surface area contributed by atoms with Gasteiger partial charge in [-0.15, -0.1) is 0 Å². The molecule has 286 valence electrons. The van der Waals surface area contributed by atoms with E-state index >= 15 is 0 Å². The molecule has 5 rings (SSSR count). The molecule has 1 saturated carbocycles. The maximum atomic E-state index is 11.7. The summed E-state index contributed by atoms with van der Waals surface area (Å²) in [6, 6.07) is 8.81. The summed E-state index contributed by atoms with van der Waals surface area (Å²) in [5.41, 5.74) is 5.94. The third-order valence-corrected chi connectivity index (χ3v) is 12.8. The Kier molecular flexibility index (Phi) is 13.0. The van der Waals surface area contributed by atoms with E-state index in [1.54, 1.807) is 5.84 Å². The highest BCUT2D eigenvalue weighted by atomic mass is 16.3. The van der Waals surface area contributed by atoms with Crippen LogP contribution in [0.2, 0.25) is 0 Å². The van der Waals surface area contributed by atoms with Crippen LogP contribution in [-0.2, 0) is 22.7 Å². The molecule has 0 spiro atoms. The number of aliphatic imine (C=N–C) groups is 2. The number of nitrogens with zero attached hydrogens (tertiary/aromatic N) is 4. The summed E-state index contributed by atoms with van der Waals surface area (Å²) < 4.78 is 2.64. The van der Waals surface area contributed by atoms with Crippen LogP contribution in [-0.4, -0.2) is 76.2 Å². The number of amidine groups is 1. The summed E-state index contributed by atoms with van der Waals surface area (Å²) in [7, 11) is 0. The van der Waals surface area contributed by atoms with Gasteiger partial charge in [0.15, 0.2) is 0 Å². The van der Waals surface area contributed by atoms with Crippen LogP contribution in [0, 0.1) is 0 Å². The third kappa shape index (κ3) is 9.49. The van der Waals surface area contributed by atoms with Crippen LogP contribution in [0.4, 0.5) is 0 Å². The number of phenols is 2. The Labute approximate surface area is 316 Å². The molecule has 0 aromatic heterocycles.